The number of benzene rings is 1. The summed E-state index contributed by atoms with van der Waals surface area (Å²) in [5.74, 6) is -0.428. The van der Waals surface area contributed by atoms with Crippen molar-refractivity contribution in [3.05, 3.63) is 59.4 Å². The number of thioether (sulfide) groups is 1. The topological polar surface area (TPSA) is 70.2 Å². The Kier molecular flexibility index (Phi) is 6.71. The third kappa shape index (κ3) is 5.03. The van der Waals surface area contributed by atoms with Crippen LogP contribution in [-0.2, 0) is 17.8 Å². The minimum atomic E-state index is -1.05. The van der Waals surface area contributed by atoms with Crippen LogP contribution in [0, 0.1) is 11.6 Å². The van der Waals surface area contributed by atoms with E-state index in [9.17, 15) is 18.0 Å². The molecule has 0 radical (unpaired) electrons. The van der Waals surface area contributed by atoms with E-state index in [2.05, 4.69) is 20.6 Å². The van der Waals surface area contributed by atoms with Gasteiger partial charge in [-0.2, -0.15) is 0 Å². The van der Waals surface area contributed by atoms with Crippen molar-refractivity contribution in [2.24, 2.45) is 0 Å². The third-order valence-electron chi connectivity index (χ3n) is 6.25. The fourth-order valence-electron chi connectivity index (χ4n) is 4.47. The number of alkyl halides is 1. The lowest BCUT2D eigenvalue weighted by molar-refractivity contribution is -0.113. The average molecular weight is 488 g/mol. The Morgan fingerprint density at radius 2 is 2.12 bits per heavy atom. The number of halogens is 3. The first-order chi connectivity index (χ1) is 16.5. The molecule has 3 aromatic rings. The molecule has 2 atom stereocenters. The van der Waals surface area contributed by atoms with E-state index < -0.39 is 17.8 Å². The number of carbonyl (C=O) groups is 1. The molecule has 10 heteroatoms. The Bertz CT molecular complexity index is 1230. The maximum Gasteiger partial charge on any atom is 0.235 e. The molecule has 2 aliphatic rings. The monoisotopic (exact) mass is 487 g/mol. The standard InChI is InChI=1S/C24H24F3N5OS/c25-15-9-17-14(3-6-28-23(17)18(26)10-15)4-7-32-8-5-20(19(27)12-32)29-11-16-1-2-21-24(30-16)31-22(33)13-34-21/h1-3,6,9-10,19-20,29H,4-5,7-8,11-13H2,(H,30,31,33)/t19-,20+/m0/s1. The van der Waals surface area contributed by atoms with Gasteiger partial charge in [0.05, 0.1) is 16.3 Å². The van der Waals surface area contributed by atoms with Crippen LogP contribution in [0.4, 0.5) is 19.0 Å². The number of aromatic nitrogens is 2. The van der Waals surface area contributed by atoms with Crippen LogP contribution in [-0.4, -0.2) is 58.4 Å². The molecule has 1 aromatic carbocycles. The van der Waals surface area contributed by atoms with Gasteiger partial charge in [-0.05, 0) is 49.2 Å². The van der Waals surface area contributed by atoms with Gasteiger partial charge in [-0.15, -0.1) is 11.8 Å². The number of fused-ring (bicyclic) bond motifs is 2. The van der Waals surface area contributed by atoms with Crippen LogP contribution >= 0.6 is 11.8 Å². The number of nitrogens with one attached hydrogen (secondary N) is 2. The van der Waals surface area contributed by atoms with E-state index in [0.717, 1.165) is 22.2 Å². The second-order valence-corrected chi connectivity index (χ2v) is 9.60. The molecule has 0 saturated carbocycles. The molecule has 178 valence electrons. The molecular weight excluding hydrogens is 463 g/mol. The summed E-state index contributed by atoms with van der Waals surface area (Å²) in [5.41, 5.74) is 1.70. The maximum atomic E-state index is 14.9. The van der Waals surface area contributed by atoms with Gasteiger partial charge >= 0.3 is 0 Å². The first kappa shape index (κ1) is 23.1. The lowest BCUT2D eigenvalue weighted by atomic mass is 10.0. The molecule has 1 fully saturated rings. The molecule has 34 heavy (non-hydrogen) atoms. The van der Waals surface area contributed by atoms with Crippen LogP contribution in [0.5, 0.6) is 0 Å². The number of amides is 1. The minimum Gasteiger partial charge on any atom is -0.309 e. The molecule has 1 amide bonds. The second-order valence-electron chi connectivity index (χ2n) is 8.58. The number of nitrogens with zero attached hydrogens (tertiary/aromatic N) is 3. The highest BCUT2D eigenvalue weighted by molar-refractivity contribution is 8.00. The molecule has 4 heterocycles. The van der Waals surface area contributed by atoms with Crippen molar-refractivity contribution < 1.29 is 18.0 Å². The van der Waals surface area contributed by atoms with Gasteiger partial charge in [0.1, 0.15) is 23.3 Å². The Balaban J connectivity index is 1.15. The molecule has 5 rings (SSSR count). The lowest BCUT2D eigenvalue weighted by Gasteiger charge is -2.35. The number of likely N-dealkylation sites (tertiary alicyclic amines) is 1. The van der Waals surface area contributed by atoms with E-state index in [0.29, 0.717) is 49.4 Å². The third-order valence-corrected chi connectivity index (χ3v) is 7.30. The summed E-state index contributed by atoms with van der Waals surface area (Å²) in [6, 6.07) is 7.42. The van der Waals surface area contributed by atoms with Crippen molar-refractivity contribution in [3.63, 3.8) is 0 Å². The highest BCUT2D eigenvalue weighted by atomic mass is 32.2. The number of hydrogen-bond donors (Lipinski definition) is 2. The summed E-state index contributed by atoms with van der Waals surface area (Å²) in [6.45, 7) is 2.01. The van der Waals surface area contributed by atoms with E-state index in [1.54, 1.807) is 6.07 Å². The largest absolute Gasteiger partial charge is 0.309 e. The molecular formula is C24H24F3N5OS. The van der Waals surface area contributed by atoms with Crippen molar-refractivity contribution >= 4 is 34.4 Å². The summed E-state index contributed by atoms with van der Waals surface area (Å²) in [7, 11) is 0. The molecule has 0 spiro atoms. The van der Waals surface area contributed by atoms with Crippen molar-refractivity contribution in [2.75, 3.05) is 30.7 Å². The second kappa shape index (κ2) is 9.89. The van der Waals surface area contributed by atoms with E-state index in [4.69, 9.17) is 0 Å². The van der Waals surface area contributed by atoms with Crippen LogP contribution in [0.25, 0.3) is 10.9 Å². The molecule has 6 nitrogen and oxygen atoms in total. The SMILES string of the molecule is O=C1CSc2ccc(CN[C@@H]3CCN(CCc4ccnc5c(F)cc(F)cc45)C[C@@H]3F)nc2N1. The summed E-state index contributed by atoms with van der Waals surface area (Å²) in [5, 5.41) is 6.49. The van der Waals surface area contributed by atoms with Gasteiger partial charge in [-0.3, -0.25) is 14.7 Å². The van der Waals surface area contributed by atoms with E-state index >= 15 is 0 Å². The van der Waals surface area contributed by atoms with Crippen molar-refractivity contribution in [2.45, 2.75) is 36.5 Å². The van der Waals surface area contributed by atoms with Crippen molar-refractivity contribution in [1.82, 2.24) is 20.2 Å². The van der Waals surface area contributed by atoms with Gasteiger partial charge in [0, 0.05) is 43.3 Å². The molecule has 0 bridgehead atoms. The van der Waals surface area contributed by atoms with Gasteiger partial charge in [0.25, 0.3) is 0 Å². The molecule has 2 aliphatic heterocycles. The Morgan fingerprint density at radius 3 is 2.97 bits per heavy atom. The van der Waals surface area contributed by atoms with Crippen LogP contribution in [0.2, 0.25) is 0 Å². The number of hydrogen-bond acceptors (Lipinski definition) is 6. The quantitative estimate of drug-likeness (QED) is 0.553. The number of pyridine rings is 2. The molecule has 0 unspecified atom stereocenters. The van der Waals surface area contributed by atoms with E-state index in [1.165, 1.54) is 24.0 Å². The number of anilines is 1. The van der Waals surface area contributed by atoms with E-state index in [1.807, 2.05) is 17.0 Å². The minimum absolute atomic E-state index is 0.0682. The normalized spacial score (nSPS) is 20.9. The van der Waals surface area contributed by atoms with Crippen LogP contribution in [0.1, 0.15) is 17.7 Å². The Labute approximate surface area is 199 Å². The first-order valence-corrected chi connectivity index (χ1v) is 12.2. The smallest absolute Gasteiger partial charge is 0.235 e. The predicted molar refractivity (Wildman–Crippen MR) is 126 cm³/mol. The summed E-state index contributed by atoms with van der Waals surface area (Å²) in [4.78, 5) is 23.1. The zero-order valence-corrected chi connectivity index (χ0v) is 19.2. The van der Waals surface area contributed by atoms with Crippen molar-refractivity contribution in [1.29, 1.82) is 0 Å². The van der Waals surface area contributed by atoms with E-state index in [-0.39, 0.29) is 24.0 Å². The predicted octanol–water partition coefficient (Wildman–Crippen LogP) is 3.70. The number of piperidine rings is 1. The average Bonchev–Trinajstić information content (AvgIpc) is 2.82. The van der Waals surface area contributed by atoms with Gasteiger partial charge < -0.3 is 10.6 Å². The summed E-state index contributed by atoms with van der Waals surface area (Å²) in [6.07, 6.45) is 1.66. The molecule has 1 saturated heterocycles. The maximum absolute atomic E-state index is 14.9. The van der Waals surface area contributed by atoms with Gasteiger partial charge in [-0.25, -0.2) is 18.2 Å². The summed E-state index contributed by atoms with van der Waals surface area (Å²) >= 11 is 1.46. The fraction of sp³-hybridized carbons (Fsp3) is 0.375. The molecule has 2 N–H and O–H groups in total. The van der Waals surface area contributed by atoms with Crippen LogP contribution in [0.3, 0.4) is 0 Å². The zero-order valence-electron chi connectivity index (χ0n) is 18.4. The number of rotatable bonds is 6. The molecule has 2 aromatic heterocycles. The number of carbonyl (C=O) groups excluding carboxylic acids is 1. The highest BCUT2D eigenvalue weighted by Crippen LogP contribution is 2.29. The van der Waals surface area contributed by atoms with Crippen LogP contribution < -0.4 is 10.6 Å². The first-order valence-electron chi connectivity index (χ1n) is 11.2. The van der Waals surface area contributed by atoms with Gasteiger partial charge in [-0.1, -0.05) is 0 Å². The summed E-state index contributed by atoms with van der Waals surface area (Å²) < 4.78 is 42.6. The fourth-order valence-corrected chi connectivity index (χ4v) is 5.23. The Morgan fingerprint density at radius 1 is 1.24 bits per heavy atom. The molecule has 0 aliphatic carbocycles. The van der Waals surface area contributed by atoms with Crippen LogP contribution in [0.15, 0.2) is 41.4 Å². The highest BCUT2D eigenvalue weighted by Gasteiger charge is 2.29. The van der Waals surface area contributed by atoms with Gasteiger partial charge in [0.15, 0.2) is 5.82 Å². The zero-order chi connectivity index (χ0) is 23.7. The lowest BCUT2D eigenvalue weighted by Crippen LogP contribution is -2.51. The van der Waals surface area contributed by atoms with Crippen molar-refractivity contribution in [3.8, 4) is 0 Å². The Hall–Kier alpha value is -2.69. The van der Waals surface area contributed by atoms with Gasteiger partial charge in [0.2, 0.25) is 5.91 Å².